The van der Waals surface area contributed by atoms with Gasteiger partial charge in [-0.1, -0.05) is 0 Å². The first-order chi connectivity index (χ1) is 11.6. The number of ether oxygens (including phenoxy) is 1. The zero-order valence-corrected chi connectivity index (χ0v) is 14.7. The second-order valence-corrected chi connectivity index (χ2v) is 6.45. The van der Waals surface area contributed by atoms with E-state index < -0.39 is 0 Å². The third-order valence-corrected chi connectivity index (χ3v) is 4.62. The first-order valence-electron chi connectivity index (χ1n) is 7.62. The van der Waals surface area contributed by atoms with Crippen LogP contribution in [0.5, 0.6) is 11.6 Å². The van der Waals surface area contributed by atoms with Crippen LogP contribution >= 0.6 is 15.9 Å². The summed E-state index contributed by atoms with van der Waals surface area (Å²) in [6, 6.07) is 7.62. The molecule has 0 saturated carbocycles. The number of benzene rings is 1. The number of amides is 1. The number of carbonyl (C=O) groups is 1. The van der Waals surface area contributed by atoms with Gasteiger partial charge in [0, 0.05) is 25.8 Å². The number of nitrogens with zero attached hydrogens (tertiary/aromatic N) is 2. The SMILES string of the molecule is CN(C(=O)c1cccnc1Oc1ccc(F)cc1Br)C1CCNC1. The van der Waals surface area contributed by atoms with Gasteiger partial charge in [0.15, 0.2) is 0 Å². The molecule has 3 rings (SSSR count). The minimum atomic E-state index is -0.375. The van der Waals surface area contributed by atoms with Crippen molar-refractivity contribution in [1.29, 1.82) is 0 Å². The molecule has 1 saturated heterocycles. The van der Waals surface area contributed by atoms with Crippen LogP contribution in [-0.4, -0.2) is 42.0 Å². The lowest BCUT2D eigenvalue weighted by Crippen LogP contribution is -2.38. The predicted molar refractivity (Wildman–Crippen MR) is 91.8 cm³/mol. The molecule has 126 valence electrons. The summed E-state index contributed by atoms with van der Waals surface area (Å²) in [5.41, 5.74) is 0.378. The molecule has 1 amide bonds. The van der Waals surface area contributed by atoms with Crippen LogP contribution in [-0.2, 0) is 0 Å². The van der Waals surface area contributed by atoms with Gasteiger partial charge in [-0.25, -0.2) is 9.37 Å². The standard InChI is InChI=1S/C17H17BrFN3O2/c1-22(12-6-8-20-10-12)17(23)13-3-2-7-21-16(13)24-15-5-4-11(19)9-14(15)18/h2-5,7,9,12,20H,6,8,10H2,1H3. The Morgan fingerprint density at radius 2 is 2.29 bits per heavy atom. The lowest BCUT2D eigenvalue weighted by molar-refractivity contribution is 0.0740. The van der Waals surface area contributed by atoms with Gasteiger partial charge in [-0.2, -0.15) is 0 Å². The zero-order chi connectivity index (χ0) is 17.1. The molecule has 0 aliphatic carbocycles. The van der Waals surface area contributed by atoms with Gasteiger partial charge in [-0.15, -0.1) is 0 Å². The van der Waals surface area contributed by atoms with E-state index in [0.29, 0.717) is 15.8 Å². The van der Waals surface area contributed by atoms with E-state index in [4.69, 9.17) is 4.74 Å². The second kappa shape index (κ2) is 7.27. The number of rotatable bonds is 4. The number of hydrogen-bond acceptors (Lipinski definition) is 4. The zero-order valence-electron chi connectivity index (χ0n) is 13.1. The van der Waals surface area contributed by atoms with Crippen molar-refractivity contribution in [2.24, 2.45) is 0 Å². The lowest BCUT2D eigenvalue weighted by Gasteiger charge is -2.24. The highest BCUT2D eigenvalue weighted by Gasteiger charge is 2.26. The van der Waals surface area contributed by atoms with Crippen molar-refractivity contribution in [1.82, 2.24) is 15.2 Å². The van der Waals surface area contributed by atoms with Crippen molar-refractivity contribution in [3.05, 3.63) is 52.4 Å². The third kappa shape index (κ3) is 3.57. The summed E-state index contributed by atoms with van der Waals surface area (Å²) in [6.07, 6.45) is 2.48. The van der Waals surface area contributed by atoms with Gasteiger partial charge in [0.1, 0.15) is 17.1 Å². The molecule has 1 aliphatic rings. The maximum Gasteiger partial charge on any atom is 0.259 e. The molecular weight excluding hydrogens is 377 g/mol. The summed E-state index contributed by atoms with van der Waals surface area (Å²) < 4.78 is 19.4. The highest BCUT2D eigenvalue weighted by Crippen LogP contribution is 2.31. The molecule has 0 spiro atoms. The van der Waals surface area contributed by atoms with Crippen LogP contribution in [0.25, 0.3) is 0 Å². The van der Waals surface area contributed by atoms with Gasteiger partial charge in [0.2, 0.25) is 5.88 Å². The molecule has 2 aromatic rings. The quantitative estimate of drug-likeness (QED) is 0.866. The molecule has 2 heterocycles. The minimum absolute atomic E-state index is 0.148. The summed E-state index contributed by atoms with van der Waals surface area (Å²) in [6.45, 7) is 1.68. The number of aromatic nitrogens is 1. The molecule has 7 heteroatoms. The Balaban J connectivity index is 1.86. The second-order valence-electron chi connectivity index (χ2n) is 5.60. The molecule has 1 aromatic carbocycles. The Kier molecular flexibility index (Phi) is 5.11. The Morgan fingerprint density at radius 3 is 3.00 bits per heavy atom. The summed E-state index contributed by atoms with van der Waals surface area (Å²) in [4.78, 5) is 18.7. The fraction of sp³-hybridized carbons (Fsp3) is 0.294. The van der Waals surface area contributed by atoms with Crippen LogP contribution in [0.1, 0.15) is 16.8 Å². The summed E-state index contributed by atoms with van der Waals surface area (Å²) in [5, 5.41) is 3.24. The van der Waals surface area contributed by atoms with Crippen molar-refractivity contribution >= 4 is 21.8 Å². The van der Waals surface area contributed by atoms with Gasteiger partial charge in [0.25, 0.3) is 5.91 Å². The summed E-state index contributed by atoms with van der Waals surface area (Å²) in [5.74, 6) is 0.0759. The van der Waals surface area contributed by atoms with Crippen molar-refractivity contribution in [3.8, 4) is 11.6 Å². The number of nitrogens with one attached hydrogen (secondary N) is 1. The number of pyridine rings is 1. The number of likely N-dealkylation sites (N-methyl/N-ethyl adjacent to an activating group) is 1. The van der Waals surface area contributed by atoms with E-state index in [-0.39, 0.29) is 23.6 Å². The average Bonchev–Trinajstić information content (AvgIpc) is 3.11. The fourth-order valence-electron chi connectivity index (χ4n) is 2.62. The molecule has 1 aliphatic heterocycles. The Morgan fingerprint density at radius 1 is 1.46 bits per heavy atom. The van der Waals surface area contributed by atoms with Crippen molar-refractivity contribution in [2.45, 2.75) is 12.5 Å². The van der Waals surface area contributed by atoms with Crippen LogP contribution in [0, 0.1) is 5.82 Å². The molecule has 24 heavy (non-hydrogen) atoms. The molecular formula is C17H17BrFN3O2. The highest BCUT2D eigenvalue weighted by atomic mass is 79.9. The van der Waals surface area contributed by atoms with Gasteiger partial charge in [-0.05, 0) is 59.2 Å². The van der Waals surface area contributed by atoms with E-state index in [1.165, 1.54) is 18.2 Å². The first-order valence-corrected chi connectivity index (χ1v) is 8.41. The topological polar surface area (TPSA) is 54.5 Å². The molecule has 0 radical (unpaired) electrons. The van der Waals surface area contributed by atoms with E-state index in [1.807, 2.05) is 0 Å². The Bertz CT molecular complexity index is 750. The number of carbonyl (C=O) groups excluding carboxylic acids is 1. The van der Waals surface area contributed by atoms with E-state index in [1.54, 1.807) is 30.3 Å². The van der Waals surface area contributed by atoms with Gasteiger partial charge in [0.05, 0.1) is 4.47 Å². The normalized spacial score (nSPS) is 16.9. The molecule has 1 fully saturated rings. The predicted octanol–water partition coefficient (Wildman–Crippen LogP) is 3.21. The van der Waals surface area contributed by atoms with Crippen LogP contribution < -0.4 is 10.1 Å². The summed E-state index contributed by atoms with van der Waals surface area (Å²) >= 11 is 3.25. The monoisotopic (exact) mass is 393 g/mol. The Labute approximate surface area is 148 Å². The van der Waals surface area contributed by atoms with Gasteiger partial charge >= 0.3 is 0 Å². The minimum Gasteiger partial charge on any atom is -0.437 e. The first kappa shape index (κ1) is 16.9. The van der Waals surface area contributed by atoms with Crippen molar-refractivity contribution < 1.29 is 13.9 Å². The van der Waals surface area contributed by atoms with E-state index >= 15 is 0 Å². The maximum absolute atomic E-state index is 13.2. The number of halogens is 2. The van der Waals surface area contributed by atoms with Gasteiger partial charge in [-0.3, -0.25) is 4.79 Å². The van der Waals surface area contributed by atoms with Gasteiger partial charge < -0.3 is 15.0 Å². The summed E-state index contributed by atoms with van der Waals surface area (Å²) in [7, 11) is 1.78. The molecule has 1 aromatic heterocycles. The smallest absolute Gasteiger partial charge is 0.259 e. The van der Waals surface area contributed by atoms with Crippen LogP contribution in [0.4, 0.5) is 4.39 Å². The molecule has 1 atom stereocenters. The van der Waals surface area contributed by atoms with Crippen LogP contribution in [0.2, 0.25) is 0 Å². The lowest BCUT2D eigenvalue weighted by atomic mass is 10.2. The molecule has 1 N–H and O–H groups in total. The van der Waals surface area contributed by atoms with E-state index in [9.17, 15) is 9.18 Å². The van der Waals surface area contributed by atoms with Crippen LogP contribution in [0.15, 0.2) is 41.0 Å². The Hall–Kier alpha value is -1.99. The molecule has 5 nitrogen and oxygen atoms in total. The fourth-order valence-corrected chi connectivity index (χ4v) is 3.05. The highest BCUT2D eigenvalue weighted by molar-refractivity contribution is 9.10. The number of hydrogen-bond donors (Lipinski definition) is 1. The average molecular weight is 394 g/mol. The third-order valence-electron chi connectivity index (χ3n) is 4.00. The van der Waals surface area contributed by atoms with E-state index in [2.05, 4.69) is 26.2 Å². The largest absolute Gasteiger partial charge is 0.437 e. The van der Waals surface area contributed by atoms with E-state index in [0.717, 1.165) is 19.5 Å². The molecule has 0 bridgehead atoms. The van der Waals surface area contributed by atoms with Crippen molar-refractivity contribution in [3.63, 3.8) is 0 Å². The maximum atomic E-state index is 13.2. The molecule has 1 unspecified atom stereocenters. The van der Waals surface area contributed by atoms with Crippen LogP contribution in [0.3, 0.4) is 0 Å². The van der Waals surface area contributed by atoms with Crippen molar-refractivity contribution in [2.75, 3.05) is 20.1 Å².